The molecule has 1 N–H and O–H groups in total. The van der Waals surface area contributed by atoms with E-state index in [0.717, 1.165) is 5.92 Å². The van der Waals surface area contributed by atoms with Crippen molar-refractivity contribution >= 4 is 5.97 Å². The molecule has 104 valence electrons. The highest BCUT2D eigenvalue weighted by atomic mass is 16.6. The number of esters is 1. The fourth-order valence-electron chi connectivity index (χ4n) is 2.06. The summed E-state index contributed by atoms with van der Waals surface area (Å²) in [7, 11) is 0. The Hall–Kier alpha value is -1.35. The molecule has 0 radical (unpaired) electrons. The molecule has 0 saturated heterocycles. The molecule has 0 bridgehead atoms. The van der Waals surface area contributed by atoms with Gasteiger partial charge < -0.3 is 10.1 Å². The number of ether oxygens (including phenoxy) is 1. The minimum Gasteiger partial charge on any atom is -0.459 e. The normalized spacial score (nSPS) is 15.3. The Labute approximate surface area is 115 Å². The van der Waals surface area contributed by atoms with Gasteiger partial charge in [-0.05, 0) is 50.7 Å². The van der Waals surface area contributed by atoms with E-state index >= 15 is 0 Å². The summed E-state index contributed by atoms with van der Waals surface area (Å²) in [6.45, 7) is 6.60. The van der Waals surface area contributed by atoms with E-state index in [1.165, 1.54) is 24.0 Å². The van der Waals surface area contributed by atoms with Crippen LogP contribution in [0.25, 0.3) is 0 Å². The van der Waals surface area contributed by atoms with Gasteiger partial charge in [-0.1, -0.05) is 24.3 Å². The first-order chi connectivity index (χ1) is 8.94. The quantitative estimate of drug-likeness (QED) is 0.828. The summed E-state index contributed by atoms with van der Waals surface area (Å²) in [6, 6.07) is 8.61. The van der Waals surface area contributed by atoms with E-state index in [2.05, 4.69) is 29.6 Å². The third kappa shape index (κ3) is 5.03. The number of carbonyl (C=O) groups is 1. The van der Waals surface area contributed by atoms with Crippen molar-refractivity contribution in [2.24, 2.45) is 0 Å². The number of rotatable bonds is 5. The lowest BCUT2D eigenvalue weighted by Crippen LogP contribution is -2.31. The van der Waals surface area contributed by atoms with Gasteiger partial charge >= 0.3 is 5.97 Å². The van der Waals surface area contributed by atoms with Gasteiger partial charge in [-0.3, -0.25) is 4.79 Å². The first-order valence-corrected chi connectivity index (χ1v) is 6.95. The molecule has 3 heteroatoms. The van der Waals surface area contributed by atoms with Gasteiger partial charge in [0.05, 0.1) is 6.54 Å². The Kier molecular flexibility index (Phi) is 4.25. The van der Waals surface area contributed by atoms with Crippen molar-refractivity contribution in [1.29, 1.82) is 0 Å². The van der Waals surface area contributed by atoms with Gasteiger partial charge in [-0.15, -0.1) is 0 Å². The van der Waals surface area contributed by atoms with Crippen LogP contribution in [0, 0.1) is 0 Å². The van der Waals surface area contributed by atoms with Crippen LogP contribution in [0.4, 0.5) is 0 Å². The van der Waals surface area contributed by atoms with E-state index in [1.807, 2.05) is 20.8 Å². The summed E-state index contributed by atoms with van der Waals surface area (Å²) >= 11 is 0. The Balaban J connectivity index is 1.76. The smallest absolute Gasteiger partial charge is 0.320 e. The fraction of sp³-hybridized carbons (Fsp3) is 0.562. The Bertz CT molecular complexity index is 444. The lowest BCUT2D eigenvalue weighted by atomic mass is 10.1. The van der Waals surface area contributed by atoms with Crippen molar-refractivity contribution in [2.45, 2.75) is 51.7 Å². The second-order valence-corrected chi connectivity index (χ2v) is 6.21. The first-order valence-electron chi connectivity index (χ1n) is 6.95. The summed E-state index contributed by atoms with van der Waals surface area (Å²) in [5.41, 5.74) is 2.24. The Morgan fingerprint density at radius 3 is 2.74 bits per heavy atom. The summed E-state index contributed by atoms with van der Waals surface area (Å²) < 4.78 is 5.25. The zero-order valence-electron chi connectivity index (χ0n) is 12.0. The molecule has 1 aliphatic rings. The Morgan fingerprint density at radius 1 is 1.37 bits per heavy atom. The summed E-state index contributed by atoms with van der Waals surface area (Å²) in [5.74, 6) is 0.566. The van der Waals surface area contributed by atoms with Gasteiger partial charge in [0.1, 0.15) is 5.60 Å². The van der Waals surface area contributed by atoms with Crippen LogP contribution in [-0.4, -0.2) is 18.1 Å². The van der Waals surface area contributed by atoms with E-state index < -0.39 is 5.60 Å². The molecule has 3 nitrogen and oxygen atoms in total. The van der Waals surface area contributed by atoms with Crippen molar-refractivity contribution in [3.8, 4) is 0 Å². The van der Waals surface area contributed by atoms with Crippen molar-refractivity contribution in [3.05, 3.63) is 35.4 Å². The van der Waals surface area contributed by atoms with Crippen LogP contribution in [0.1, 0.15) is 50.7 Å². The van der Waals surface area contributed by atoms with Gasteiger partial charge in [0, 0.05) is 6.54 Å². The molecular formula is C16H23NO2. The van der Waals surface area contributed by atoms with Crippen molar-refractivity contribution in [2.75, 3.05) is 6.54 Å². The molecule has 19 heavy (non-hydrogen) atoms. The monoisotopic (exact) mass is 261 g/mol. The lowest BCUT2D eigenvalue weighted by Gasteiger charge is -2.19. The predicted molar refractivity (Wildman–Crippen MR) is 76.0 cm³/mol. The third-order valence-electron chi connectivity index (χ3n) is 3.02. The number of benzene rings is 1. The minimum absolute atomic E-state index is 0.203. The molecule has 1 fully saturated rings. The van der Waals surface area contributed by atoms with Gasteiger partial charge in [-0.25, -0.2) is 0 Å². The van der Waals surface area contributed by atoms with Crippen LogP contribution in [-0.2, 0) is 16.1 Å². The van der Waals surface area contributed by atoms with E-state index in [0.29, 0.717) is 6.54 Å². The van der Waals surface area contributed by atoms with E-state index in [9.17, 15) is 4.79 Å². The van der Waals surface area contributed by atoms with Crippen LogP contribution in [0.15, 0.2) is 24.3 Å². The molecule has 1 aliphatic carbocycles. The van der Waals surface area contributed by atoms with E-state index in [4.69, 9.17) is 4.74 Å². The maximum absolute atomic E-state index is 11.5. The van der Waals surface area contributed by atoms with Crippen molar-refractivity contribution < 1.29 is 9.53 Å². The molecule has 0 aliphatic heterocycles. The molecular weight excluding hydrogens is 238 g/mol. The molecule has 0 atom stereocenters. The SMILES string of the molecule is CC(C)(C)OC(=O)CNCc1cccc(C2CC2)c1. The van der Waals surface area contributed by atoms with E-state index in [-0.39, 0.29) is 12.5 Å². The van der Waals surface area contributed by atoms with Gasteiger partial charge in [0.2, 0.25) is 0 Å². The summed E-state index contributed by atoms with van der Waals surface area (Å²) in [6.07, 6.45) is 2.63. The van der Waals surface area contributed by atoms with Crippen LogP contribution >= 0.6 is 0 Å². The molecule has 0 aromatic heterocycles. The molecule has 2 rings (SSSR count). The number of hydrogen-bond acceptors (Lipinski definition) is 3. The molecule has 0 amide bonds. The van der Waals surface area contributed by atoms with Crippen LogP contribution in [0.5, 0.6) is 0 Å². The molecule has 0 unspecified atom stereocenters. The Morgan fingerprint density at radius 2 is 2.11 bits per heavy atom. The number of carbonyl (C=O) groups excluding carboxylic acids is 1. The van der Waals surface area contributed by atoms with Gasteiger partial charge in [0.25, 0.3) is 0 Å². The van der Waals surface area contributed by atoms with Gasteiger partial charge in [-0.2, -0.15) is 0 Å². The average molecular weight is 261 g/mol. The maximum atomic E-state index is 11.5. The maximum Gasteiger partial charge on any atom is 0.320 e. The molecule has 1 saturated carbocycles. The summed E-state index contributed by atoms with van der Waals surface area (Å²) in [4.78, 5) is 11.5. The first kappa shape index (κ1) is 14.1. The largest absolute Gasteiger partial charge is 0.459 e. The fourth-order valence-corrected chi connectivity index (χ4v) is 2.06. The molecule has 1 aromatic rings. The minimum atomic E-state index is -0.412. The summed E-state index contributed by atoms with van der Waals surface area (Å²) in [5, 5.41) is 3.14. The second-order valence-electron chi connectivity index (χ2n) is 6.21. The predicted octanol–water partition coefficient (Wildman–Crippen LogP) is 3.00. The molecule has 1 aromatic carbocycles. The van der Waals surface area contributed by atoms with Crippen LogP contribution in [0.2, 0.25) is 0 Å². The average Bonchev–Trinajstić information content (AvgIpc) is 3.10. The highest BCUT2D eigenvalue weighted by molar-refractivity contribution is 5.72. The van der Waals surface area contributed by atoms with Crippen LogP contribution < -0.4 is 5.32 Å². The number of nitrogens with one attached hydrogen (secondary N) is 1. The highest BCUT2D eigenvalue weighted by Gasteiger charge is 2.23. The second kappa shape index (κ2) is 5.74. The van der Waals surface area contributed by atoms with Crippen molar-refractivity contribution in [1.82, 2.24) is 5.32 Å². The zero-order valence-corrected chi connectivity index (χ0v) is 12.0. The number of hydrogen-bond donors (Lipinski definition) is 1. The van der Waals surface area contributed by atoms with Crippen LogP contribution in [0.3, 0.4) is 0 Å². The standard InChI is InChI=1S/C16H23NO2/c1-16(2,3)19-15(18)11-17-10-12-5-4-6-14(9-12)13-7-8-13/h4-6,9,13,17H,7-8,10-11H2,1-3H3. The highest BCUT2D eigenvalue weighted by Crippen LogP contribution is 2.40. The van der Waals surface area contributed by atoms with Gasteiger partial charge in [0.15, 0.2) is 0 Å². The zero-order chi connectivity index (χ0) is 13.9. The lowest BCUT2D eigenvalue weighted by molar-refractivity contribution is -0.153. The van der Waals surface area contributed by atoms with Crippen molar-refractivity contribution in [3.63, 3.8) is 0 Å². The van der Waals surface area contributed by atoms with E-state index in [1.54, 1.807) is 0 Å². The molecule has 0 spiro atoms. The molecule has 0 heterocycles. The topological polar surface area (TPSA) is 38.3 Å². The third-order valence-corrected chi connectivity index (χ3v) is 3.02.